The molecule has 0 aliphatic carbocycles. The summed E-state index contributed by atoms with van der Waals surface area (Å²) in [5.41, 5.74) is 0.496. The minimum atomic E-state index is -0.937. The van der Waals surface area contributed by atoms with E-state index in [0.717, 1.165) is 4.90 Å². The number of rotatable bonds is 5. The van der Waals surface area contributed by atoms with E-state index in [0.29, 0.717) is 0 Å². The molecule has 3 amide bonds. The van der Waals surface area contributed by atoms with Gasteiger partial charge < -0.3 is 10.1 Å². The van der Waals surface area contributed by atoms with Crippen LogP contribution in [0.1, 0.15) is 37.0 Å². The van der Waals surface area contributed by atoms with Crippen LogP contribution >= 0.6 is 0 Å². The van der Waals surface area contributed by atoms with Crippen LogP contribution in [0.25, 0.3) is 0 Å². The minimum Gasteiger partial charge on any atom is -0.462 e. The number of carbonyl (C=O) groups is 4. The first-order chi connectivity index (χ1) is 11.0. The van der Waals surface area contributed by atoms with E-state index in [1.165, 1.54) is 13.0 Å². The maximum atomic E-state index is 12.3. The number of anilines is 1. The molecule has 0 aromatic heterocycles. The zero-order valence-electron chi connectivity index (χ0n) is 13.0. The van der Waals surface area contributed by atoms with Gasteiger partial charge in [0.25, 0.3) is 0 Å². The van der Waals surface area contributed by atoms with Gasteiger partial charge in [-0.25, -0.2) is 4.79 Å². The molecule has 23 heavy (non-hydrogen) atoms. The molecule has 1 aliphatic heterocycles. The van der Waals surface area contributed by atoms with Crippen LogP contribution < -0.4 is 5.32 Å². The maximum absolute atomic E-state index is 12.3. The van der Waals surface area contributed by atoms with Crippen LogP contribution in [0.15, 0.2) is 24.3 Å². The van der Waals surface area contributed by atoms with E-state index < -0.39 is 17.9 Å². The van der Waals surface area contributed by atoms with Crippen LogP contribution in [-0.4, -0.2) is 41.2 Å². The van der Waals surface area contributed by atoms with Crippen LogP contribution in [0.2, 0.25) is 0 Å². The molecule has 0 spiro atoms. The molecule has 0 saturated carbocycles. The molecule has 1 N–H and O–H groups in total. The lowest BCUT2D eigenvalue weighted by Crippen LogP contribution is -2.45. The Bertz CT molecular complexity index is 640. The molecule has 1 aromatic rings. The lowest BCUT2D eigenvalue weighted by molar-refractivity contribution is -0.144. The van der Waals surface area contributed by atoms with Crippen molar-refractivity contribution in [1.82, 2.24) is 4.90 Å². The van der Waals surface area contributed by atoms with Gasteiger partial charge in [0.1, 0.15) is 6.04 Å². The van der Waals surface area contributed by atoms with Gasteiger partial charge in [0.05, 0.1) is 17.9 Å². The Balaban J connectivity index is 2.16. The molecule has 0 bridgehead atoms. The molecular weight excluding hydrogens is 300 g/mol. The lowest BCUT2D eigenvalue weighted by atomic mass is 10.1. The van der Waals surface area contributed by atoms with Crippen molar-refractivity contribution in [3.63, 3.8) is 0 Å². The smallest absolute Gasteiger partial charge is 0.340 e. The molecule has 0 unspecified atom stereocenters. The molecule has 0 radical (unpaired) electrons. The first-order valence-corrected chi connectivity index (χ1v) is 7.37. The quantitative estimate of drug-likeness (QED) is 0.653. The van der Waals surface area contributed by atoms with Crippen LogP contribution in [0.5, 0.6) is 0 Å². The molecule has 1 atom stereocenters. The van der Waals surface area contributed by atoms with Crippen molar-refractivity contribution in [2.75, 3.05) is 11.9 Å². The fourth-order valence-electron chi connectivity index (χ4n) is 2.36. The summed E-state index contributed by atoms with van der Waals surface area (Å²) in [6.07, 6.45) is 0.242. The number of amides is 3. The summed E-state index contributed by atoms with van der Waals surface area (Å²) in [5, 5.41) is 2.58. The number of ether oxygens (including phenoxy) is 1. The highest BCUT2D eigenvalue weighted by Gasteiger charge is 2.36. The van der Waals surface area contributed by atoms with Gasteiger partial charge in [-0.1, -0.05) is 12.1 Å². The largest absolute Gasteiger partial charge is 0.462 e. The van der Waals surface area contributed by atoms with Gasteiger partial charge in [-0.3, -0.25) is 19.3 Å². The molecule has 122 valence electrons. The second-order valence-corrected chi connectivity index (χ2v) is 5.09. The third kappa shape index (κ3) is 3.56. The van der Waals surface area contributed by atoms with Crippen LogP contribution in [-0.2, 0) is 19.1 Å². The SMILES string of the molecule is CCOC(=O)c1ccccc1NC(=O)[C@H](C)N1C(=O)CCC1=O. The summed E-state index contributed by atoms with van der Waals surface area (Å²) in [6, 6.07) is 5.47. The molecular formula is C16H18N2O5. The summed E-state index contributed by atoms with van der Waals surface area (Å²) in [5.74, 6) is -1.82. The zero-order valence-corrected chi connectivity index (χ0v) is 13.0. The molecule has 7 nitrogen and oxygen atoms in total. The topological polar surface area (TPSA) is 92.8 Å². The highest BCUT2D eigenvalue weighted by Crippen LogP contribution is 2.19. The fourth-order valence-corrected chi connectivity index (χ4v) is 2.36. The molecule has 7 heteroatoms. The van der Waals surface area contributed by atoms with Gasteiger partial charge in [-0.05, 0) is 26.0 Å². The number of nitrogens with zero attached hydrogens (tertiary/aromatic N) is 1. The third-order valence-electron chi connectivity index (χ3n) is 3.54. The Labute approximate surface area is 133 Å². The predicted octanol–water partition coefficient (Wildman–Crippen LogP) is 1.34. The summed E-state index contributed by atoms with van der Waals surface area (Å²) in [4.78, 5) is 48.5. The van der Waals surface area contributed by atoms with Crippen molar-refractivity contribution in [2.45, 2.75) is 32.7 Å². The van der Waals surface area contributed by atoms with E-state index in [9.17, 15) is 19.2 Å². The predicted molar refractivity (Wildman–Crippen MR) is 81.6 cm³/mol. The van der Waals surface area contributed by atoms with Crippen LogP contribution in [0.3, 0.4) is 0 Å². The molecule has 2 rings (SSSR count). The van der Waals surface area contributed by atoms with Crippen molar-refractivity contribution >= 4 is 29.4 Å². The Kier molecular flexibility index (Phi) is 5.10. The number of carbonyl (C=O) groups excluding carboxylic acids is 4. The van der Waals surface area contributed by atoms with E-state index in [2.05, 4.69) is 5.32 Å². The van der Waals surface area contributed by atoms with Gasteiger partial charge >= 0.3 is 5.97 Å². The van der Waals surface area contributed by atoms with E-state index >= 15 is 0 Å². The average molecular weight is 318 g/mol. The van der Waals surface area contributed by atoms with Crippen molar-refractivity contribution in [2.24, 2.45) is 0 Å². The fraction of sp³-hybridized carbons (Fsp3) is 0.375. The summed E-state index contributed by atoms with van der Waals surface area (Å²) >= 11 is 0. The van der Waals surface area contributed by atoms with Gasteiger partial charge in [-0.15, -0.1) is 0 Å². The second kappa shape index (κ2) is 7.04. The molecule has 1 aliphatic rings. The van der Waals surface area contributed by atoms with E-state index in [1.54, 1.807) is 25.1 Å². The van der Waals surface area contributed by atoms with Crippen LogP contribution in [0.4, 0.5) is 5.69 Å². The van der Waals surface area contributed by atoms with Crippen LogP contribution in [0, 0.1) is 0 Å². The maximum Gasteiger partial charge on any atom is 0.340 e. The number of likely N-dealkylation sites (tertiary alicyclic amines) is 1. The Morgan fingerprint density at radius 1 is 1.22 bits per heavy atom. The second-order valence-electron chi connectivity index (χ2n) is 5.09. The van der Waals surface area contributed by atoms with Gasteiger partial charge in [0.15, 0.2) is 0 Å². The Morgan fingerprint density at radius 2 is 1.83 bits per heavy atom. The van der Waals surface area contributed by atoms with E-state index in [1.807, 2.05) is 0 Å². The van der Waals surface area contributed by atoms with Gasteiger partial charge in [-0.2, -0.15) is 0 Å². The number of nitrogens with one attached hydrogen (secondary N) is 1. The molecule has 1 fully saturated rings. The minimum absolute atomic E-state index is 0.121. The lowest BCUT2D eigenvalue weighted by Gasteiger charge is -2.22. The summed E-state index contributed by atoms with van der Waals surface area (Å²) in [7, 11) is 0. The van der Waals surface area contributed by atoms with E-state index in [-0.39, 0.29) is 42.5 Å². The number of imide groups is 1. The molecule has 1 aromatic carbocycles. The summed E-state index contributed by atoms with van der Waals surface area (Å²) in [6.45, 7) is 3.38. The number of para-hydroxylation sites is 1. The first-order valence-electron chi connectivity index (χ1n) is 7.37. The monoisotopic (exact) mass is 318 g/mol. The molecule has 1 saturated heterocycles. The van der Waals surface area contributed by atoms with Gasteiger partial charge in [0, 0.05) is 12.8 Å². The number of esters is 1. The van der Waals surface area contributed by atoms with Crippen molar-refractivity contribution in [1.29, 1.82) is 0 Å². The standard InChI is InChI=1S/C16H18N2O5/c1-3-23-16(22)11-6-4-5-7-12(11)17-15(21)10(2)18-13(19)8-9-14(18)20/h4-7,10H,3,8-9H2,1-2H3,(H,17,21)/t10-/m0/s1. The highest BCUT2D eigenvalue weighted by atomic mass is 16.5. The first kappa shape index (κ1) is 16.7. The Hall–Kier alpha value is -2.70. The average Bonchev–Trinajstić information content (AvgIpc) is 2.86. The van der Waals surface area contributed by atoms with Crippen molar-refractivity contribution < 1.29 is 23.9 Å². The van der Waals surface area contributed by atoms with Crippen molar-refractivity contribution in [3.8, 4) is 0 Å². The highest BCUT2D eigenvalue weighted by molar-refractivity contribution is 6.09. The molecule has 1 heterocycles. The normalized spacial score (nSPS) is 15.5. The van der Waals surface area contributed by atoms with Gasteiger partial charge in [0.2, 0.25) is 17.7 Å². The number of benzene rings is 1. The summed E-state index contributed by atoms with van der Waals surface area (Å²) < 4.78 is 4.94. The zero-order chi connectivity index (χ0) is 17.0. The van der Waals surface area contributed by atoms with Crippen molar-refractivity contribution in [3.05, 3.63) is 29.8 Å². The van der Waals surface area contributed by atoms with E-state index in [4.69, 9.17) is 4.74 Å². The third-order valence-corrected chi connectivity index (χ3v) is 3.54. The Morgan fingerprint density at radius 3 is 2.43 bits per heavy atom. The number of hydrogen-bond donors (Lipinski definition) is 1. The number of hydrogen-bond acceptors (Lipinski definition) is 5.